The van der Waals surface area contributed by atoms with Crippen molar-refractivity contribution in [2.75, 3.05) is 31.7 Å². The standard InChI is InChI=1S/C26H34N2O4S/c1-25(2)10-9-21-26(18-25,24(31)32-3)16-20(15-22(29)27-11-13-33-14-12-27)23(30)28(21)17-19-7-5-4-6-8-19/h4-9,20H,10-18H2,1-3H3/t20-,26-/m1/s1. The van der Waals surface area contributed by atoms with Gasteiger partial charge < -0.3 is 14.5 Å². The molecular formula is C26H34N2O4S. The van der Waals surface area contributed by atoms with Gasteiger partial charge in [-0.2, -0.15) is 11.8 Å². The summed E-state index contributed by atoms with van der Waals surface area (Å²) in [7, 11) is 1.42. The monoisotopic (exact) mass is 470 g/mol. The van der Waals surface area contributed by atoms with E-state index < -0.39 is 11.3 Å². The van der Waals surface area contributed by atoms with Gasteiger partial charge in [-0.3, -0.25) is 14.4 Å². The number of ether oxygens (including phenoxy) is 1. The third-order valence-corrected chi connectivity index (χ3v) is 8.11. The number of amides is 2. The average Bonchev–Trinajstić information content (AvgIpc) is 2.81. The van der Waals surface area contributed by atoms with E-state index in [4.69, 9.17) is 4.74 Å². The fourth-order valence-electron chi connectivity index (χ4n) is 5.64. The van der Waals surface area contributed by atoms with E-state index in [0.717, 1.165) is 42.3 Å². The molecule has 0 bridgehead atoms. The molecule has 0 aromatic heterocycles. The Labute approximate surface area is 200 Å². The van der Waals surface area contributed by atoms with Crippen molar-refractivity contribution in [1.29, 1.82) is 0 Å². The van der Waals surface area contributed by atoms with E-state index in [1.807, 2.05) is 47.0 Å². The molecule has 2 amide bonds. The number of methoxy groups -OCH3 is 1. The summed E-state index contributed by atoms with van der Waals surface area (Å²) in [5.74, 6) is 0.953. The Hall–Kier alpha value is -2.28. The lowest BCUT2D eigenvalue weighted by molar-refractivity contribution is -0.163. The van der Waals surface area contributed by atoms with Crippen molar-refractivity contribution in [3.05, 3.63) is 47.7 Å². The molecule has 0 saturated carbocycles. The maximum absolute atomic E-state index is 13.8. The van der Waals surface area contributed by atoms with Crippen molar-refractivity contribution in [3.8, 4) is 0 Å². The topological polar surface area (TPSA) is 66.9 Å². The van der Waals surface area contributed by atoms with Gasteiger partial charge in [-0.05, 0) is 30.2 Å². The highest BCUT2D eigenvalue weighted by Crippen LogP contribution is 2.55. The Kier molecular flexibility index (Phi) is 6.89. The van der Waals surface area contributed by atoms with Crippen molar-refractivity contribution in [3.63, 3.8) is 0 Å². The molecule has 2 atom stereocenters. The zero-order chi connectivity index (χ0) is 23.6. The lowest BCUT2D eigenvalue weighted by Gasteiger charge is -2.51. The van der Waals surface area contributed by atoms with Crippen LogP contribution in [0.1, 0.15) is 45.1 Å². The van der Waals surface area contributed by atoms with Crippen molar-refractivity contribution in [1.82, 2.24) is 9.80 Å². The molecule has 2 saturated heterocycles. The van der Waals surface area contributed by atoms with Crippen LogP contribution in [0, 0.1) is 16.7 Å². The van der Waals surface area contributed by atoms with E-state index in [0.29, 0.717) is 19.4 Å². The summed E-state index contributed by atoms with van der Waals surface area (Å²) in [6.07, 6.45) is 3.91. The van der Waals surface area contributed by atoms with Crippen LogP contribution in [0.5, 0.6) is 0 Å². The second kappa shape index (κ2) is 9.53. The third kappa shape index (κ3) is 4.84. The number of allylic oxidation sites excluding steroid dienone is 1. The van der Waals surface area contributed by atoms with Crippen molar-refractivity contribution in [2.24, 2.45) is 16.7 Å². The number of hydrogen-bond acceptors (Lipinski definition) is 5. The predicted molar refractivity (Wildman–Crippen MR) is 129 cm³/mol. The molecule has 0 unspecified atom stereocenters. The van der Waals surface area contributed by atoms with Gasteiger partial charge in [0.05, 0.1) is 13.7 Å². The van der Waals surface area contributed by atoms with E-state index in [1.54, 1.807) is 4.90 Å². The lowest BCUT2D eigenvalue weighted by atomic mass is 9.59. The molecule has 2 fully saturated rings. The molecule has 6 nitrogen and oxygen atoms in total. The van der Waals surface area contributed by atoms with Crippen LogP contribution in [0.2, 0.25) is 0 Å². The Morgan fingerprint density at radius 1 is 1.15 bits per heavy atom. The Bertz CT molecular complexity index is 939. The Morgan fingerprint density at radius 2 is 1.85 bits per heavy atom. The highest BCUT2D eigenvalue weighted by Gasteiger charge is 2.57. The molecular weight excluding hydrogens is 436 g/mol. The van der Waals surface area contributed by atoms with Gasteiger partial charge in [0.1, 0.15) is 5.41 Å². The predicted octanol–water partition coefficient (Wildman–Crippen LogP) is 3.86. The van der Waals surface area contributed by atoms with E-state index >= 15 is 0 Å². The Morgan fingerprint density at radius 3 is 2.52 bits per heavy atom. The number of piperidine rings is 1. The first kappa shape index (κ1) is 23.9. The minimum absolute atomic E-state index is 0.0100. The number of thioether (sulfide) groups is 1. The summed E-state index contributed by atoms with van der Waals surface area (Å²) < 4.78 is 5.33. The normalized spacial score (nSPS) is 26.9. The molecule has 0 radical (unpaired) electrons. The first-order chi connectivity index (χ1) is 15.8. The van der Waals surface area contributed by atoms with Crippen molar-refractivity contribution >= 4 is 29.5 Å². The first-order valence-corrected chi connectivity index (χ1v) is 12.9. The Balaban J connectivity index is 1.70. The molecule has 178 valence electrons. The van der Waals surface area contributed by atoms with Gasteiger partial charge in [0.15, 0.2) is 0 Å². The molecule has 33 heavy (non-hydrogen) atoms. The number of rotatable bonds is 5. The molecule has 0 spiro atoms. The first-order valence-electron chi connectivity index (χ1n) is 11.8. The average molecular weight is 471 g/mol. The number of carbonyl (C=O) groups excluding carboxylic acids is 3. The molecule has 0 N–H and O–H groups in total. The van der Waals surface area contributed by atoms with E-state index in [1.165, 1.54) is 7.11 Å². The van der Waals surface area contributed by atoms with Gasteiger partial charge in [0, 0.05) is 42.6 Å². The van der Waals surface area contributed by atoms with Gasteiger partial charge in [0.2, 0.25) is 11.8 Å². The molecule has 7 heteroatoms. The molecule has 3 aliphatic rings. The summed E-state index contributed by atoms with van der Waals surface area (Å²) >= 11 is 1.85. The number of esters is 1. The van der Waals surface area contributed by atoms with Gasteiger partial charge in [-0.1, -0.05) is 50.3 Å². The molecule has 1 aromatic carbocycles. The number of nitrogens with zero attached hydrogens (tertiary/aromatic N) is 2. The molecule has 4 rings (SSSR count). The number of likely N-dealkylation sites (tertiary alicyclic amines) is 1. The molecule has 2 aliphatic heterocycles. The van der Waals surface area contributed by atoms with Crippen LogP contribution < -0.4 is 0 Å². The zero-order valence-corrected chi connectivity index (χ0v) is 20.7. The largest absolute Gasteiger partial charge is 0.468 e. The van der Waals surface area contributed by atoms with E-state index in [2.05, 4.69) is 19.9 Å². The quantitative estimate of drug-likeness (QED) is 0.612. The van der Waals surface area contributed by atoms with Gasteiger partial charge in [0.25, 0.3) is 0 Å². The maximum Gasteiger partial charge on any atom is 0.317 e. The number of benzene rings is 1. The van der Waals surface area contributed by atoms with Crippen LogP contribution in [-0.2, 0) is 25.7 Å². The maximum atomic E-state index is 13.8. The van der Waals surface area contributed by atoms with Crippen LogP contribution in [-0.4, -0.2) is 59.3 Å². The summed E-state index contributed by atoms with van der Waals surface area (Å²) in [4.78, 5) is 43.9. The van der Waals surface area contributed by atoms with Crippen molar-refractivity contribution in [2.45, 2.75) is 46.1 Å². The SMILES string of the molecule is COC(=O)[C@@]12C[C@@H](CC(=O)N3CCSCC3)C(=O)N(Cc3ccccc3)C1=CCC(C)(C)C2. The summed E-state index contributed by atoms with van der Waals surface area (Å²) in [6, 6.07) is 9.82. The van der Waals surface area contributed by atoms with E-state index in [-0.39, 0.29) is 29.6 Å². The fraction of sp³-hybridized carbons (Fsp3) is 0.577. The minimum Gasteiger partial charge on any atom is -0.468 e. The van der Waals surface area contributed by atoms with Crippen LogP contribution in [0.3, 0.4) is 0 Å². The van der Waals surface area contributed by atoms with E-state index in [9.17, 15) is 14.4 Å². The third-order valence-electron chi connectivity index (χ3n) is 7.16. The smallest absolute Gasteiger partial charge is 0.317 e. The highest BCUT2D eigenvalue weighted by molar-refractivity contribution is 7.99. The zero-order valence-electron chi connectivity index (χ0n) is 19.8. The summed E-state index contributed by atoms with van der Waals surface area (Å²) in [5, 5.41) is 0. The minimum atomic E-state index is -0.915. The summed E-state index contributed by atoms with van der Waals surface area (Å²) in [5.41, 5.74) is 0.729. The van der Waals surface area contributed by atoms with Gasteiger partial charge in [-0.15, -0.1) is 0 Å². The molecule has 1 aliphatic carbocycles. The highest BCUT2D eigenvalue weighted by atomic mass is 32.2. The number of fused-ring (bicyclic) bond motifs is 1. The lowest BCUT2D eigenvalue weighted by Crippen LogP contribution is -2.55. The van der Waals surface area contributed by atoms with Gasteiger partial charge in [-0.25, -0.2) is 0 Å². The number of carbonyl (C=O) groups is 3. The summed E-state index contributed by atoms with van der Waals surface area (Å²) in [6.45, 7) is 6.12. The molecule has 1 aromatic rings. The van der Waals surface area contributed by atoms with Crippen LogP contribution in [0.15, 0.2) is 42.1 Å². The van der Waals surface area contributed by atoms with Crippen LogP contribution >= 0.6 is 11.8 Å². The fourth-order valence-corrected chi connectivity index (χ4v) is 6.54. The van der Waals surface area contributed by atoms with Crippen molar-refractivity contribution < 1.29 is 19.1 Å². The second-order valence-electron chi connectivity index (χ2n) is 10.2. The van der Waals surface area contributed by atoms with Crippen LogP contribution in [0.25, 0.3) is 0 Å². The number of hydrogen-bond donors (Lipinski definition) is 0. The second-order valence-corrected chi connectivity index (χ2v) is 11.4. The van der Waals surface area contributed by atoms with Crippen LogP contribution in [0.4, 0.5) is 0 Å². The molecule has 2 heterocycles. The van der Waals surface area contributed by atoms with Gasteiger partial charge >= 0.3 is 5.97 Å².